The zero-order valence-corrected chi connectivity index (χ0v) is 12.8. The topological polar surface area (TPSA) is 78.4 Å². The second kappa shape index (κ2) is 5.89. The van der Waals surface area contributed by atoms with Crippen molar-refractivity contribution in [2.75, 3.05) is 23.4 Å². The van der Waals surface area contributed by atoms with Crippen molar-refractivity contribution in [1.29, 1.82) is 0 Å². The van der Waals surface area contributed by atoms with Crippen LogP contribution in [0, 0.1) is 5.82 Å². The Balaban J connectivity index is 1.73. The number of hydrogen-bond donors (Lipinski definition) is 3. The molecule has 0 aromatic heterocycles. The minimum atomic E-state index is -0.904. The van der Waals surface area contributed by atoms with Gasteiger partial charge in [-0.15, -0.1) is 0 Å². The van der Waals surface area contributed by atoms with Gasteiger partial charge < -0.3 is 15.7 Å². The molecule has 2 aliphatic rings. The molecule has 3 rings (SSSR count). The Morgan fingerprint density at radius 3 is 3.00 bits per heavy atom. The molecule has 5 nitrogen and oxygen atoms in total. The van der Waals surface area contributed by atoms with Crippen molar-refractivity contribution in [2.24, 2.45) is 0 Å². The largest absolute Gasteiger partial charge is 0.387 e. The first-order valence-electron chi connectivity index (χ1n) is 7.17. The summed E-state index contributed by atoms with van der Waals surface area (Å²) in [6.45, 7) is 0.117. The second-order valence-corrected chi connectivity index (χ2v) is 6.85. The third-order valence-electron chi connectivity index (χ3n) is 3.99. The number of carbonyl (C=O) groups is 2. The molecule has 22 heavy (non-hydrogen) atoms. The van der Waals surface area contributed by atoms with E-state index in [2.05, 4.69) is 10.6 Å². The molecule has 3 N–H and O–H groups in total. The van der Waals surface area contributed by atoms with Gasteiger partial charge in [-0.25, -0.2) is 4.39 Å². The Morgan fingerprint density at radius 1 is 1.45 bits per heavy atom. The van der Waals surface area contributed by atoms with E-state index in [4.69, 9.17) is 0 Å². The smallest absolute Gasteiger partial charge is 0.254 e. The fourth-order valence-electron chi connectivity index (χ4n) is 2.65. The maximum Gasteiger partial charge on any atom is 0.254 e. The zero-order valence-electron chi connectivity index (χ0n) is 11.9. The first-order valence-corrected chi connectivity index (χ1v) is 8.33. The summed E-state index contributed by atoms with van der Waals surface area (Å²) in [5.41, 5.74) is 0.223. The van der Waals surface area contributed by atoms with Crippen molar-refractivity contribution < 1.29 is 19.1 Å². The minimum absolute atomic E-state index is 0.0517. The molecule has 2 amide bonds. The molecular weight excluding hydrogens is 307 g/mol. The molecular formula is C15H17FN2O3S. The zero-order chi connectivity index (χ0) is 15.7. The van der Waals surface area contributed by atoms with Crippen LogP contribution in [0.2, 0.25) is 0 Å². The first-order chi connectivity index (χ1) is 10.5. The lowest BCUT2D eigenvalue weighted by Crippen LogP contribution is -2.43. The Morgan fingerprint density at radius 2 is 2.27 bits per heavy atom. The van der Waals surface area contributed by atoms with E-state index in [1.807, 2.05) is 0 Å². The van der Waals surface area contributed by atoms with Gasteiger partial charge in [-0.2, -0.15) is 11.8 Å². The maximum atomic E-state index is 14.1. The minimum Gasteiger partial charge on any atom is -0.387 e. The van der Waals surface area contributed by atoms with Gasteiger partial charge in [0, 0.05) is 24.4 Å². The predicted octanol–water partition coefficient (Wildman–Crippen LogP) is 1.31. The van der Waals surface area contributed by atoms with Gasteiger partial charge in [0.15, 0.2) is 0 Å². The number of fused-ring (bicyclic) bond motifs is 1. The van der Waals surface area contributed by atoms with Crippen LogP contribution in [0.25, 0.3) is 0 Å². The van der Waals surface area contributed by atoms with Crippen LogP contribution in [-0.2, 0) is 11.2 Å². The van der Waals surface area contributed by atoms with Gasteiger partial charge in [0.05, 0.1) is 11.2 Å². The van der Waals surface area contributed by atoms with Crippen LogP contribution in [0.15, 0.2) is 12.1 Å². The number of benzene rings is 1. The molecule has 118 valence electrons. The van der Waals surface area contributed by atoms with E-state index >= 15 is 0 Å². The number of carbonyl (C=O) groups excluding carboxylic acids is 2. The summed E-state index contributed by atoms with van der Waals surface area (Å²) in [5.74, 6) is 0.0736. The van der Waals surface area contributed by atoms with Crippen LogP contribution in [0.1, 0.15) is 28.8 Å². The third-order valence-corrected chi connectivity index (χ3v) is 5.23. The normalized spacial score (nSPS) is 23.8. The van der Waals surface area contributed by atoms with Gasteiger partial charge in [-0.1, -0.05) is 0 Å². The highest BCUT2D eigenvalue weighted by Crippen LogP contribution is 2.28. The van der Waals surface area contributed by atoms with Gasteiger partial charge in [0.1, 0.15) is 5.82 Å². The highest BCUT2D eigenvalue weighted by molar-refractivity contribution is 7.99. The third kappa shape index (κ3) is 3.10. The lowest BCUT2D eigenvalue weighted by atomic mass is 9.99. The van der Waals surface area contributed by atoms with Crippen LogP contribution in [0.4, 0.5) is 10.1 Å². The highest BCUT2D eigenvalue weighted by Gasteiger charge is 2.32. The van der Waals surface area contributed by atoms with Gasteiger partial charge in [-0.3, -0.25) is 9.59 Å². The average molecular weight is 324 g/mol. The summed E-state index contributed by atoms with van der Waals surface area (Å²) in [7, 11) is 0. The number of thioether (sulfide) groups is 1. The molecule has 7 heteroatoms. The first kappa shape index (κ1) is 15.3. The molecule has 0 radical (unpaired) electrons. The number of aliphatic hydroxyl groups is 1. The SMILES string of the molecule is O=C1CCc2cc(C(=O)NC[C@]3(O)CCSC3)c(F)cc2N1. The van der Waals surface area contributed by atoms with E-state index in [0.717, 1.165) is 11.3 Å². The second-order valence-electron chi connectivity index (χ2n) is 5.75. The molecule has 1 atom stereocenters. The average Bonchev–Trinajstić information content (AvgIpc) is 2.91. The molecule has 2 heterocycles. The van der Waals surface area contributed by atoms with Crippen LogP contribution < -0.4 is 10.6 Å². The van der Waals surface area contributed by atoms with E-state index < -0.39 is 17.3 Å². The van der Waals surface area contributed by atoms with Crippen LogP contribution in [-0.4, -0.2) is 40.6 Å². The van der Waals surface area contributed by atoms with Crippen molar-refractivity contribution in [3.63, 3.8) is 0 Å². The monoisotopic (exact) mass is 324 g/mol. The summed E-state index contributed by atoms with van der Waals surface area (Å²) in [5, 5.41) is 15.4. The molecule has 1 aromatic rings. The highest BCUT2D eigenvalue weighted by atomic mass is 32.2. The Hall–Kier alpha value is -1.60. The molecule has 1 saturated heterocycles. The summed E-state index contributed by atoms with van der Waals surface area (Å²) >= 11 is 1.63. The Labute approximate surface area is 131 Å². The molecule has 1 fully saturated rings. The summed E-state index contributed by atoms with van der Waals surface area (Å²) in [6, 6.07) is 2.66. The molecule has 0 bridgehead atoms. The van der Waals surface area contributed by atoms with Crippen molar-refractivity contribution in [1.82, 2.24) is 5.32 Å². The number of halogens is 1. The van der Waals surface area contributed by atoms with E-state index in [9.17, 15) is 19.1 Å². The van der Waals surface area contributed by atoms with Gasteiger partial charge in [0.25, 0.3) is 5.91 Å². The van der Waals surface area contributed by atoms with E-state index in [1.165, 1.54) is 12.1 Å². The van der Waals surface area contributed by atoms with E-state index in [-0.39, 0.29) is 18.0 Å². The van der Waals surface area contributed by atoms with Gasteiger partial charge in [0.2, 0.25) is 5.91 Å². The Bertz CT molecular complexity index is 629. The summed E-state index contributed by atoms with van der Waals surface area (Å²) in [4.78, 5) is 23.5. The fraction of sp³-hybridized carbons (Fsp3) is 0.467. The number of anilines is 1. The number of nitrogens with one attached hydrogen (secondary N) is 2. The maximum absolute atomic E-state index is 14.1. The predicted molar refractivity (Wildman–Crippen MR) is 82.6 cm³/mol. The van der Waals surface area contributed by atoms with E-state index in [0.29, 0.717) is 30.7 Å². The number of amides is 2. The van der Waals surface area contributed by atoms with Crippen LogP contribution in [0.5, 0.6) is 0 Å². The lowest BCUT2D eigenvalue weighted by molar-refractivity contribution is -0.116. The molecule has 2 aliphatic heterocycles. The standard InChI is InChI=1S/C15H17FN2O3S/c16-11-6-12-9(1-2-13(19)18-12)5-10(11)14(20)17-7-15(21)3-4-22-8-15/h5-6,21H,1-4,7-8H2,(H,17,20)(H,18,19)/t15-/m1/s1. The molecule has 0 unspecified atom stereocenters. The van der Waals surface area contributed by atoms with Gasteiger partial charge >= 0.3 is 0 Å². The molecule has 0 spiro atoms. The number of rotatable bonds is 3. The molecule has 1 aromatic carbocycles. The fourth-order valence-corrected chi connectivity index (χ4v) is 3.95. The number of aryl methyl sites for hydroxylation is 1. The molecule has 0 saturated carbocycles. The van der Waals surface area contributed by atoms with Crippen molar-refractivity contribution >= 4 is 29.3 Å². The van der Waals surface area contributed by atoms with Gasteiger partial charge in [-0.05, 0) is 36.3 Å². The molecule has 0 aliphatic carbocycles. The summed E-state index contributed by atoms with van der Waals surface area (Å²) in [6.07, 6.45) is 1.44. The van der Waals surface area contributed by atoms with Crippen molar-refractivity contribution in [2.45, 2.75) is 24.9 Å². The van der Waals surface area contributed by atoms with Crippen LogP contribution in [0.3, 0.4) is 0 Å². The number of hydrogen-bond acceptors (Lipinski definition) is 4. The summed E-state index contributed by atoms with van der Waals surface area (Å²) < 4.78 is 14.1. The Kier molecular flexibility index (Phi) is 4.10. The lowest BCUT2D eigenvalue weighted by Gasteiger charge is -2.22. The quantitative estimate of drug-likeness (QED) is 0.783. The van der Waals surface area contributed by atoms with E-state index in [1.54, 1.807) is 11.8 Å². The van der Waals surface area contributed by atoms with Crippen molar-refractivity contribution in [3.05, 3.63) is 29.1 Å². The van der Waals surface area contributed by atoms with Crippen molar-refractivity contribution in [3.8, 4) is 0 Å². The van der Waals surface area contributed by atoms with Crippen LogP contribution >= 0.6 is 11.8 Å².